The molecule has 0 nitrogen and oxygen atoms in total. The van der Waals surface area contributed by atoms with Gasteiger partial charge in [0, 0.05) is 0 Å². The second-order valence-electron chi connectivity index (χ2n) is 6.22. The van der Waals surface area contributed by atoms with E-state index in [0.717, 1.165) is 33.9 Å². The molecule has 0 radical (unpaired) electrons. The lowest BCUT2D eigenvalue weighted by molar-refractivity contribution is -0.137. The fourth-order valence-electron chi connectivity index (χ4n) is 3.44. The Bertz CT molecular complexity index is 1010. The quantitative estimate of drug-likeness (QED) is 0.484. The Hall–Kier alpha value is -3.07. The van der Waals surface area contributed by atoms with E-state index in [2.05, 4.69) is 6.58 Å². The summed E-state index contributed by atoms with van der Waals surface area (Å²) in [6.07, 6.45) is -4.38. The maximum Gasteiger partial charge on any atom is 0.416 e. The minimum Gasteiger partial charge on any atom is -0.166 e. The van der Waals surface area contributed by atoms with Crippen LogP contribution in [0.15, 0.2) is 85.4 Å². The van der Waals surface area contributed by atoms with E-state index < -0.39 is 11.7 Å². The van der Waals surface area contributed by atoms with Gasteiger partial charge in [0.05, 0.1) is 5.56 Å². The van der Waals surface area contributed by atoms with Crippen LogP contribution < -0.4 is 0 Å². The average molecular weight is 348 g/mol. The lowest BCUT2D eigenvalue weighted by Crippen LogP contribution is -2.05. The minimum atomic E-state index is -4.38. The third-order valence-electron chi connectivity index (χ3n) is 4.62. The standard InChI is InChI=1S/C23H15F3/c1-15-20-14-18(23(24,25)26)12-13-19(20)22(17-10-6-3-7-11-17)21(15)16-8-4-2-5-9-16/h2-14H,1H2. The van der Waals surface area contributed by atoms with Crippen LogP contribution in [0.1, 0.15) is 27.8 Å². The molecule has 0 heterocycles. The number of rotatable bonds is 2. The van der Waals surface area contributed by atoms with E-state index in [-0.39, 0.29) is 0 Å². The fraction of sp³-hybridized carbons (Fsp3) is 0.0435. The van der Waals surface area contributed by atoms with Gasteiger partial charge < -0.3 is 0 Å². The predicted molar refractivity (Wildman–Crippen MR) is 99.3 cm³/mol. The highest BCUT2D eigenvalue weighted by Crippen LogP contribution is 2.49. The number of fused-ring (bicyclic) bond motifs is 1. The SMILES string of the molecule is C=C1C(c2ccccc2)=C(c2ccccc2)c2ccc(C(F)(F)F)cc21. The number of hydrogen-bond acceptors (Lipinski definition) is 0. The van der Waals surface area contributed by atoms with Crippen LogP contribution in [-0.4, -0.2) is 0 Å². The summed E-state index contributed by atoms with van der Waals surface area (Å²) in [6.45, 7) is 4.13. The molecule has 0 aromatic heterocycles. The smallest absolute Gasteiger partial charge is 0.166 e. The molecule has 0 amide bonds. The van der Waals surface area contributed by atoms with Crippen molar-refractivity contribution in [3.63, 3.8) is 0 Å². The molecule has 0 fully saturated rings. The molecule has 128 valence electrons. The van der Waals surface area contributed by atoms with E-state index in [0.29, 0.717) is 11.1 Å². The first-order chi connectivity index (χ1) is 12.5. The summed E-state index contributed by atoms with van der Waals surface area (Å²) in [5, 5.41) is 0. The van der Waals surface area contributed by atoms with Crippen LogP contribution in [0.4, 0.5) is 13.2 Å². The Kier molecular flexibility index (Phi) is 3.80. The van der Waals surface area contributed by atoms with Crippen molar-refractivity contribution in [2.75, 3.05) is 0 Å². The van der Waals surface area contributed by atoms with Crippen molar-refractivity contribution in [3.8, 4) is 0 Å². The predicted octanol–water partition coefficient (Wildman–Crippen LogP) is 6.69. The van der Waals surface area contributed by atoms with Gasteiger partial charge in [-0.25, -0.2) is 0 Å². The second-order valence-corrected chi connectivity index (χ2v) is 6.22. The van der Waals surface area contributed by atoms with Crippen LogP contribution >= 0.6 is 0 Å². The van der Waals surface area contributed by atoms with Crippen molar-refractivity contribution in [1.29, 1.82) is 0 Å². The molecule has 26 heavy (non-hydrogen) atoms. The van der Waals surface area contributed by atoms with Gasteiger partial charge in [-0.1, -0.05) is 73.3 Å². The van der Waals surface area contributed by atoms with Crippen LogP contribution in [0.3, 0.4) is 0 Å². The van der Waals surface area contributed by atoms with Crippen LogP contribution in [0.25, 0.3) is 16.7 Å². The topological polar surface area (TPSA) is 0 Å². The number of alkyl halides is 3. The summed E-state index contributed by atoms with van der Waals surface area (Å²) < 4.78 is 39.5. The maximum atomic E-state index is 13.2. The molecule has 4 rings (SSSR count). The molecule has 0 bridgehead atoms. The Balaban J connectivity index is 1.99. The molecule has 0 aliphatic heterocycles. The molecule has 3 aromatic carbocycles. The highest BCUT2D eigenvalue weighted by molar-refractivity contribution is 6.23. The molecule has 3 aromatic rings. The van der Waals surface area contributed by atoms with E-state index in [1.54, 1.807) is 6.07 Å². The summed E-state index contributed by atoms with van der Waals surface area (Å²) in [7, 11) is 0. The highest BCUT2D eigenvalue weighted by Gasteiger charge is 2.34. The van der Waals surface area contributed by atoms with Gasteiger partial charge in [0.25, 0.3) is 0 Å². The van der Waals surface area contributed by atoms with Crippen molar-refractivity contribution < 1.29 is 13.2 Å². The van der Waals surface area contributed by atoms with E-state index in [9.17, 15) is 13.2 Å². The van der Waals surface area contributed by atoms with Crippen molar-refractivity contribution in [2.45, 2.75) is 6.18 Å². The minimum absolute atomic E-state index is 0.539. The molecule has 0 unspecified atom stereocenters. The monoisotopic (exact) mass is 348 g/mol. The van der Waals surface area contributed by atoms with Crippen molar-refractivity contribution >= 4 is 16.7 Å². The molecule has 0 saturated carbocycles. The van der Waals surface area contributed by atoms with Crippen LogP contribution in [0, 0.1) is 0 Å². The molecule has 0 spiro atoms. The molecule has 0 atom stereocenters. The molecule has 1 aliphatic carbocycles. The first kappa shape index (κ1) is 16.4. The summed E-state index contributed by atoms with van der Waals surface area (Å²) in [5.41, 5.74) is 5.00. The van der Waals surface area contributed by atoms with E-state index in [1.807, 2.05) is 60.7 Å². The normalized spacial score (nSPS) is 13.9. The van der Waals surface area contributed by atoms with Gasteiger partial charge >= 0.3 is 6.18 Å². The number of halogens is 3. The molecule has 3 heteroatoms. The average Bonchev–Trinajstić information content (AvgIpc) is 2.95. The first-order valence-electron chi connectivity index (χ1n) is 8.23. The molecular weight excluding hydrogens is 333 g/mol. The van der Waals surface area contributed by atoms with Gasteiger partial charge in [-0.05, 0) is 51.1 Å². The Morgan fingerprint density at radius 2 is 1.15 bits per heavy atom. The molecule has 1 aliphatic rings. The van der Waals surface area contributed by atoms with Gasteiger partial charge in [-0.15, -0.1) is 0 Å². The van der Waals surface area contributed by atoms with E-state index in [4.69, 9.17) is 0 Å². The third-order valence-corrected chi connectivity index (χ3v) is 4.62. The van der Waals surface area contributed by atoms with Crippen molar-refractivity contribution in [1.82, 2.24) is 0 Å². The largest absolute Gasteiger partial charge is 0.416 e. The lowest BCUT2D eigenvalue weighted by atomic mass is 9.93. The zero-order chi connectivity index (χ0) is 18.3. The summed E-state index contributed by atoms with van der Waals surface area (Å²) in [5.74, 6) is 0. The number of hydrogen-bond donors (Lipinski definition) is 0. The van der Waals surface area contributed by atoms with E-state index >= 15 is 0 Å². The summed E-state index contributed by atoms with van der Waals surface area (Å²) in [4.78, 5) is 0. The molecule has 0 saturated heterocycles. The zero-order valence-electron chi connectivity index (χ0n) is 13.8. The van der Waals surface area contributed by atoms with Crippen molar-refractivity contribution in [2.24, 2.45) is 0 Å². The van der Waals surface area contributed by atoms with Crippen molar-refractivity contribution in [3.05, 3.63) is 113 Å². The van der Waals surface area contributed by atoms with Gasteiger partial charge in [0.2, 0.25) is 0 Å². The summed E-state index contributed by atoms with van der Waals surface area (Å²) >= 11 is 0. The highest BCUT2D eigenvalue weighted by atomic mass is 19.4. The van der Waals surface area contributed by atoms with Crippen LogP contribution in [0.2, 0.25) is 0 Å². The number of allylic oxidation sites excluding steroid dienone is 2. The zero-order valence-corrected chi connectivity index (χ0v) is 13.8. The van der Waals surface area contributed by atoms with Gasteiger partial charge in [-0.2, -0.15) is 13.2 Å². The fourth-order valence-corrected chi connectivity index (χ4v) is 3.44. The second kappa shape index (κ2) is 6.03. The Morgan fingerprint density at radius 3 is 1.69 bits per heavy atom. The van der Waals surface area contributed by atoms with Gasteiger partial charge in [0.15, 0.2) is 0 Å². The Morgan fingerprint density at radius 1 is 0.615 bits per heavy atom. The van der Waals surface area contributed by atoms with Crippen LogP contribution in [0.5, 0.6) is 0 Å². The lowest BCUT2D eigenvalue weighted by Gasteiger charge is -2.11. The Labute approximate surface area is 149 Å². The summed E-state index contributed by atoms with van der Waals surface area (Å²) in [6, 6.07) is 23.3. The number of benzene rings is 3. The first-order valence-corrected chi connectivity index (χ1v) is 8.23. The third kappa shape index (κ3) is 2.66. The van der Waals surface area contributed by atoms with Crippen LogP contribution in [-0.2, 0) is 6.18 Å². The molecular formula is C23H15F3. The van der Waals surface area contributed by atoms with Gasteiger partial charge in [-0.3, -0.25) is 0 Å². The molecule has 0 N–H and O–H groups in total. The maximum absolute atomic E-state index is 13.2. The van der Waals surface area contributed by atoms with Gasteiger partial charge in [0.1, 0.15) is 0 Å². The van der Waals surface area contributed by atoms with E-state index in [1.165, 1.54) is 6.07 Å².